The predicted molar refractivity (Wildman–Crippen MR) is 82.8 cm³/mol. The van der Waals surface area contributed by atoms with Crippen molar-refractivity contribution in [2.45, 2.75) is 13.5 Å². The van der Waals surface area contributed by atoms with Gasteiger partial charge in [0.1, 0.15) is 5.75 Å². The fourth-order valence-corrected chi connectivity index (χ4v) is 1.96. The van der Waals surface area contributed by atoms with Gasteiger partial charge in [-0.05, 0) is 42.3 Å². The summed E-state index contributed by atoms with van der Waals surface area (Å²) in [6, 6.07) is 12.4. The van der Waals surface area contributed by atoms with Crippen LogP contribution in [0, 0.1) is 6.92 Å². The van der Waals surface area contributed by atoms with Crippen LogP contribution in [0.4, 0.5) is 10.5 Å². The number of aromatic hydroxyl groups is 1. The van der Waals surface area contributed by atoms with Gasteiger partial charge in [0, 0.05) is 11.0 Å². The summed E-state index contributed by atoms with van der Waals surface area (Å²) in [5.74, 6) is 0.0591. The van der Waals surface area contributed by atoms with Crippen molar-refractivity contribution in [1.82, 2.24) is 5.32 Å². The number of urea groups is 1. The highest BCUT2D eigenvalue weighted by Crippen LogP contribution is 2.23. The third-order valence-electron chi connectivity index (χ3n) is 2.77. The molecule has 2 aromatic carbocycles. The Kier molecular flexibility index (Phi) is 4.63. The largest absolute Gasteiger partial charge is 0.506 e. The number of halogens is 1. The van der Waals surface area contributed by atoms with Gasteiger partial charge in [-0.25, -0.2) is 4.79 Å². The van der Waals surface area contributed by atoms with Crippen LogP contribution in [-0.4, -0.2) is 11.1 Å². The Labute approximate surface area is 126 Å². The van der Waals surface area contributed by atoms with Crippen LogP contribution in [0.2, 0.25) is 0 Å². The second kappa shape index (κ2) is 6.43. The van der Waals surface area contributed by atoms with Crippen LogP contribution in [0.3, 0.4) is 0 Å². The molecule has 2 amide bonds. The number of hydrogen-bond acceptors (Lipinski definition) is 2. The van der Waals surface area contributed by atoms with Gasteiger partial charge >= 0.3 is 6.03 Å². The van der Waals surface area contributed by atoms with E-state index in [2.05, 4.69) is 26.6 Å². The average Bonchev–Trinajstić information content (AvgIpc) is 2.41. The third kappa shape index (κ3) is 3.99. The zero-order chi connectivity index (χ0) is 14.5. The van der Waals surface area contributed by atoms with Crippen LogP contribution in [0.5, 0.6) is 5.75 Å². The predicted octanol–water partition coefficient (Wildman–Crippen LogP) is 3.78. The molecule has 20 heavy (non-hydrogen) atoms. The maximum Gasteiger partial charge on any atom is 0.319 e. The molecule has 2 rings (SSSR count). The average molecular weight is 335 g/mol. The molecule has 0 saturated heterocycles. The Morgan fingerprint density at radius 1 is 1.20 bits per heavy atom. The Hall–Kier alpha value is -2.01. The van der Waals surface area contributed by atoms with Crippen molar-refractivity contribution in [2.24, 2.45) is 0 Å². The number of aryl methyl sites for hydroxylation is 1. The van der Waals surface area contributed by atoms with Gasteiger partial charge in [0.25, 0.3) is 0 Å². The Bertz CT molecular complexity index is 612. The van der Waals surface area contributed by atoms with E-state index in [4.69, 9.17) is 0 Å². The van der Waals surface area contributed by atoms with E-state index in [-0.39, 0.29) is 11.8 Å². The van der Waals surface area contributed by atoms with E-state index in [9.17, 15) is 9.90 Å². The number of amides is 2. The molecule has 0 heterocycles. The van der Waals surface area contributed by atoms with Gasteiger partial charge in [-0.15, -0.1) is 0 Å². The first-order valence-electron chi connectivity index (χ1n) is 6.13. The molecule has 0 bridgehead atoms. The van der Waals surface area contributed by atoms with Crippen molar-refractivity contribution in [3.05, 3.63) is 58.1 Å². The van der Waals surface area contributed by atoms with Gasteiger partial charge in [0.05, 0.1) is 5.69 Å². The number of carbonyl (C=O) groups is 1. The fraction of sp³-hybridized carbons (Fsp3) is 0.133. The molecule has 0 aliphatic heterocycles. The maximum absolute atomic E-state index is 11.7. The molecule has 0 atom stereocenters. The second-order valence-electron chi connectivity index (χ2n) is 4.45. The summed E-state index contributed by atoms with van der Waals surface area (Å²) >= 11 is 3.36. The molecule has 0 saturated carbocycles. The zero-order valence-electron chi connectivity index (χ0n) is 11.0. The Morgan fingerprint density at radius 3 is 2.55 bits per heavy atom. The molecule has 4 nitrogen and oxygen atoms in total. The summed E-state index contributed by atoms with van der Waals surface area (Å²) in [6.45, 7) is 2.29. The molecule has 0 fully saturated rings. The maximum atomic E-state index is 11.7. The monoisotopic (exact) mass is 334 g/mol. The lowest BCUT2D eigenvalue weighted by Crippen LogP contribution is -2.28. The minimum Gasteiger partial charge on any atom is -0.506 e. The molecule has 2 aromatic rings. The molecule has 0 unspecified atom stereocenters. The van der Waals surface area contributed by atoms with Crippen LogP contribution in [-0.2, 0) is 6.54 Å². The van der Waals surface area contributed by atoms with E-state index in [1.165, 1.54) is 0 Å². The number of benzene rings is 2. The van der Waals surface area contributed by atoms with Crippen molar-refractivity contribution in [3.8, 4) is 5.75 Å². The molecule has 0 aliphatic carbocycles. The highest BCUT2D eigenvalue weighted by Gasteiger charge is 2.05. The lowest BCUT2D eigenvalue weighted by atomic mass is 10.2. The highest BCUT2D eigenvalue weighted by molar-refractivity contribution is 9.10. The van der Waals surface area contributed by atoms with Crippen molar-refractivity contribution in [1.29, 1.82) is 0 Å². The minimum atomic E-state index is -0.355. The lowest BCUT2D eigenvalue weighted by Gasteiger charge is -2.09. The SMILES string of the molecule is Cc1ccc(NC(=O)NCc2ccc(Br)cc2)c(O)c1. The quantitative estimate of drug-likeness (QED) is 0.748. The minimum absolute atomic E-state index is 0.0591. The summed E-state index contributed by atoms with van der Waals surface area (Å²) in [5, 5.41) is 15.1. The number of hydrogen-bond donors (Lipinski definition) is 3. The van der Waals surface area contributed by atoms with Gasteiger partial charge in [-0.1, -0.05) is 34.1 Å². The van der Waals surface area contributed by atoms with Gasteiger partial charge in [-0.3, -0.25) is 0 Å². The van der Waals surface area contributed by atoms with Crippen LogP contribution in [0.1, 0.15) is 11.1 Å². The highest BCUT2D eigenvalue weighted by atomic mass is 79.9. The first-order chi connectivity index (χ1) is 9.54. The first-order valence-corrected chi connectivity index (χ1v) is 6.93. The van der Waals surface area contributed by atoms with E-state index in [1.807, 2.05) is 37.3 Å². The molecular formula is C15H15BrN2O2. The summed E-state index contributed by atoms with van der Waals surface area (Å²) in [4.78, 5) is 11.7. The van der Waals surface area contributed by atoms with Gasteiger partial charge in [0.2, 0.25) is 0 Å². The van der Waals surface area contributed by atoms with Crippen LogP contribution < -0.4 is 10.6 Å². The fourth-order valence-electron chi connectivity index (χ4n) is 1.70. The number of carbonyl (C=O) groups excluding carboxylic acids is 1. The van der Waals surface area contributed by atoms with Crippen molar-refractivity contribution in [3.63, 3.8) is 0 Å². The van der Waals surface area contributed by atoms with Crippen LogP contribution in [0.25, 0.3) is 0 Å². The number of rotatable bonds is 3. The molecule has 3 N–H and O–H groups in total. The van der Waals surface area contributed by atoms with Gasteiger partial charge < -0.3 is 15.7 Å². The zero-order valence-corrected chi connectivity index (χ0v) is 12.6. The number of phenols is 1. The van der Waals surface area contributed by atoms with Crippen molar-refractivity contribution >= 4 is 27.6 Å². The molecule has 0 aliphatic rings. The molecular weight excluding hydrogens is 320 g/mol. The summed E-state index contributed by atoms with van der Waals surface area (Å²) in [5.41, 5.74) is 2.32. The van der Waals surface area contributed by atoms with Crippen LogP contribution >= 0.6 is 15.9 Å². The molecule has 0 radical (unpaired) electrons. The van der Waals surface area contributed by atoms with Crippen LogP contribution in [0.15, 0.2) is 46.9 Å². The normalized spacial score (nSPS) is 10.1. The summed E-state index contributed by atoms with van der Waals surface area (Å²) < 4.78 is 0.996. The molecule has 104 valence electrons. The van der Waals surface area contributed by atoms with E-state index in [1.54, 1.807) is 12.1 Å². The number of nitrogens with one attached hydrogen (secondary N) is 2. The smallest absolute Gasteiger partial charge is 0.319 e. The van der Waals surface area contributed by atoms with E-state index in [0.29, 0.717) is 12.2 Å². The van der Waals surface area contributed by atoms with E-state index < -0.39 is 0 Å². The number of anilines is 1. The molecule has 0 aromatic heterocycles. The van der Waals surface area contributed by atoms with Crippen molar-refractivity contribution < 1.29 is 9.90 Å². The lowest BCUT2D eigenvalue weighted by molar-refractivity contribution is 0.251. The number of phenolic OH excluding ortho intramolecular Hbond substituents is 1. The Balaban J connectivity index is 1.90. The Morgan fingerprint density at radius 2 is 1.90 bits per heavy atom. The second-order valence-corrected chi connectivity index (χ2v) is 5.37. The molecule has 0 spiro atoms. The van der Waals surface area contributed by atoms with Crippen molar-refractivity contribution in [2.75, 3.05) is 5.32 Å². The van der Waals surface area contributed by atoms with E-state index in [0.717, 1.165) is 15.6 Å². The van der Waals surface area contributed by atoms with Gasteiger partial charge in [0.15, 0.2) is 0 Å². The van der Waals surface area contributed by atoms with Gasteiger partial charge in [-0.2, -0.15) is 0 Å². The first kappa shape index (κ1) is 14.4. The topological polar surface area (TPSA) is 61.4 Å². The standard InChI is InChI=1S/C15H15BrN2O2/c1-10-2-7-13(14(19)8-10)18-15(20)17-9-11-3-5-12(16)6-4-11/h2-8,19H,9H2,1H3,(H2,17,18,20). The summed E-state index contributed by atoms with van der Waals surface area (Å²) in [6.07, 6.45) is 0. The third-order valence-corrected chi connectivity index (χ3v) is 3.30. The molecule has 5 heteroatoms. The van der Waals surface area contributed by atoms with E-state index >= 15 is 0 Å². The summed E-state index contributed by atoms with van der Waals surface area (Å²) in [7, 11) is 0.